The van der Waals surface area contributed by atoms with E-state index in [-0.39, 0.29) is 0 Å². The molecule has 31 valence electrons. The van der Waals surface area contributed by atoms with Crippen LogP contribution in [0.15, 0.2) is 0 Å². The first-order valence-electron chi connectivity index (χ1n) is 1.56. The minimum Gasteiger partial charge on any atom is -0.243 e. The van der Waals surface area contributed by atoms with Crippen LogP contribution in [0.2, 0.25) is 0 Å². The highest BCUT2D eigenvalue weighted by Crippen LogP contribution is 1.35. The van der Waals surface area contributed by atoms with Crippen molar-refractivity contribution < 1.29 is 0 Å². The Kier molecular flexibility index (Phi) is 3.79. The second-order valence-electron chi connectivity index (χ2n) is 0.655. The summed E-state index contributed by atoms with van der Waals surface area (Å²) in [5, 5.41) is 0. The van der Waals surface area contributed by atoms with Gasteiger partial charge in [0.25, 0.3) is 0 Å². The van der Waals surface area contributed by atoms with Crippen LogP contribution in [0.4, 0.5) is 0 Å². The molecule has 0 aromatic heterocycles. The Balaban J connectivity index is 2.19. The third-order valence-electron chi connectivity index (χ3n) is 0.265. The predicted molar refractivity (Wildman–Crippen MR) is 19.9 cm³/mol. The molecule has 0 fully saturated rings. The van der Waals surface area contributed by atoms with E-state index in [1.807, 2.05) is 12.5 Å². The number of hydrogen-bond acceptors (Lipinski definition) is 2. The van der Waals surface area contributed by atoms with Gasteiger partial charge < -0.3 is 0 Å². The summed E-state index contributed by atoms with van der Waals surface area (Å²) in [6, 6.07) is 0. The zero-order valence-electron chi connectivity index (χ0n) is 3.21. The Morgan fingerprint density at radius 3 is 2.40 bits per heavy atom. The van der Waals surface area contributed by atoms with Gasteiger partial charge in [0.15, 0.2) is 0 Å². The SMILES string of the molecule is CCNN[NH]. The van der Waals surface area contributed by atoms with Crippen molar-refractivity contribution in [3.63, 3.8) is 0 Å². The van der Waals surface area contributed by atoms with E-state index in [0.717, 1.165) is 6.54 Å². The summed E-state index contributed by atoms with van der Waals surface area (Å²) in [5.74, 6) is 6.24. The zero-order chi connectivity index (χ0) is 4.12. The molecule has 0 unspecified atom stereocenters. The second-order valence-corrected chi connectivity index (χ2v) is 0.655. The smallest absolute Gasteiger partial charge is 0.00850 e. The van der Waals surface area contributed by atoms with Gasteiger partial charge in [-0.05, 0) is 0 Å². The van der Waals surface area contributed by atoms with E-state index in [1.54, 1.807) is 0 Å². The predicted octanol–water partition coefficient (Wildman–Crippen LogP) is -0.702. The summed E-state index contributed by atoms with van der Waals surface area (Å²) >= 11 is 0. The van der Waals surface area contributed by atoms with E-state index in [0.29, 0.717) is 0 Å². The normalized spacial score (nSPS) is 8.40. The molecule has 0 atom stereocenters. The molecule has 0 saturated heterocycles. The van der Waals surface area contributed by atoms with Gasteiger partial charge in [-0.1, -0.05) is 6.92 Å². The summed E-state index contributed by atoms with van der Waals surface area (Å²) < 4.78 is 0. The summed E-state index contributed by atoms with van der Waals surface area (Å²) in [7, 11) is 0. The third kappa shape index (κ3) is 3.88. The van der Waals surface area contributed by atoms with Gasteiger partial charge in [-0.15, -0.1) is 0 Å². The first kappa shape index (κ1) is 4.88. The van der Waals surface area contributed by atoms with Gasteiger partial charge >= 0.3 is 0 Å². The maximum absolute atomic E-state index is 6.24. The standard InChI is InChI=1S/C2H8N3/c1-2-4-5-3/h3-5H,2H2,1H3. The van der Waals surface area contributed by atoms with Crippen molar-refractivity contribution in [1.82, 2.24) is 16.8 Å². The van der Waals surface area contributed by atoms with Crippen molar-refractivity contribution in [1.29, 1.82) is 0 Å². The van der Waals surface area contributed by atoms with Crippen LogP contribution in [-0.2, 0) is 0 Å². The number of nitrogens with one attached hydrogen (secondary N) is 3. The average molecular weight is 74.1 g/mol. The van der Waals surface area contributed by atoms with E-state index in [1.165, 1.54) is 0 Å². The summed E-state index contributed by atoms with van der Waals surface area (Å²) in [6.45, 7) is 2.71. The van der Waals surface area contributed by atoms with Gasteiger partial charge in [0.1, 0.15) is 0 Å². The molecule has 0 aromatic carbocycles. The topological polar surface area (TPSA) is 47.9 Å². The fourth-order valence-electron chi connectivity index (χ4n) is 0.0884. The fourth-order valence-corrected chi connectivity index (χ4v) is 0.0884. The molecule has 0 aliphatic rings. The molecule has 0 bridgehead atoms. The van der Waals surface area contributed by atoms with Crippen LogP contribution in [-0.4, -0.2) is 6.54 Å². The van der Waals surface area contributed by atoms with Gasteiger partial charge in [0, 0.05) is 6.54 Å². The molecule has 0 spiro atoms. The summed E-state index contributed by atoms with van der Waals surface area (Å²) in [5.41, 5.74) is 4.55. The van der Waals surface area contributed by atoms with Crippen molar-refractivity contribution in [3.8, 4) is 0 Å². The minimum absolute atomic E-state index is 0.795. The van der Waals surface area contributed by atoms with Crippen molar-refractivity contribution in [2.24, 2.45) is 0 Å². The van der Waals surface area contributed by atoms with Crippen LogP contribution < -0.4 is 16.8 Å². The molecular weight excluding hydrogens is 66.0 g/mol. The quantitative estimate of drug-likeness (QED) is 0.425. The van der Waals surface area contributed by atoms with Crippen LogP contribution in [0, 0.1) is 0 Å². The molecule has 3 N–H and O–H groups in total. The van der Waals surface area contributed by atoms with Gasteiger partial charge in [-0.3, -0.25) is 0 Å². The third-order valence-corrected chi connectivity index (χ3v) is 0.265. The molecule has 0 heterocycles. The van der Waals surface area contributed by atoms with Crippen LogP contribution in [0.25, 0.3) is 0 Å². The maximum atomic E-state index is 6.24. The van der Waals surface area contributed by atoms with Gasteiger partial charge in [0.05, 0.1) is 0 Å². The van der Waals surface area contributed by atoms with Crippen molar-refractivity contribution >= 4 is 0 Å². The van der Waals surface area contributed by atoms with Crippen molar-refractivity contribution in [2.45, 2.75) is 6.92 Å². The Labute approximate surface area is 31.5 Å². The highest BCUT2D eigenvalue weighted by atomic mass is 15.5. The molecule has 0 saturated carbocycles. The van der Waals surface area contributed by atoms with Crippen LogP contribution >= 0.6 is 0 Å². The largest absolute Gasteiger partial charge is 0.243 e. The number of hydrazine groups is 1. The van der Waals surface area contributed by atoms with Crippen LogP contribution in [0.5, 0.6) is 0 Å². The van der Waals surface area contributed by atoms with E-state index < -0.39 is 0 Å². The molecule has 3 nitrogen and oxygen atoms in total. The van der Waals surface area contributed by atoms with Crippen molar-refractivity contribution in [2.75, 3.05) is 6.54 Å². The molecule has 0 amide bonds. The Morgan fingerprint density at radius 2 is 2.40 bits per heavy atom. The monoisotopic (exact) mass is 74.1 g/mol. The van der Waals surface area contributed by atoms with Gasteiger partial charge in [0.2, 0.25) is 0 Å². The molecule has 0 aliphatic carbocycles. The lowest BCUT2D eigenvalue weighted by molar-refractivity contribution is 0.559. The molecule has 3 heteroatoms. The molecule has 1 radical (unpaired) electrons. The zero-order valence-corrected chi connectivity index (χ0v) is 3.21. The molecule has 5 heavy (non-hydrogen) atoms. The lowest BCUT2D eigenvalue weighted by Gasteiger charge is -1.88. The van der Waals surface area contributed by atoms with Gasteiger partial charge in [-0.25, -0.2) is 5.43 Å². The van der Waals surface area contributed by atoms with E-state index >= 15 is 0 Å². The van der Waals surface area contributed by atoms with E-state index in [2.05, 4.69) is 5.43 Å². The lowest BCUT2D eigenvalue weighted by atomic mass is 10.8. The highest BCUT2D eigenvalue weighted by molar-refractivity contribution is 4.14. The molecule has 0 rings (SSSR count). The molecular formula is C2H8N3. The highest BCUT2D eigenvalue weighted by Gasteiger charge is 1.60. The van der Waals surface area contributed by atoms with Crippen LogP contribution in [0.1, 0.15) is 6.92 Å². The number of rotatable bonds is 2. The van der Waals surface area contributed by atoms with Crippen molar-refractivity contribution in [3.05, 3.63) is 0 Å². The Morgan fingerprint density at radius 1 is 1.80 bits per heavy atom. The fraction of sp³-hybridized carbons (Fsp3) is 1.00. The lowest BCUT2D eigenvalue weighted by Crippen LogP contribution is -2.29. The van der Waals surface area contributed by atoms with E-state index in [4.69, 9.17) is 5.84 Å². The number of hydrogen-bond donors (Lipinski definition) is 2. The maximum Gasteiger partial charge on any atom is 0.00850 e. The summed E-state index contributed by atoms with van der Waals surface area (Å²) in [4.78, 5) is 0. The van der Waals surface area contributed by atoms with Crippen LogP contribution in [0.3, 0.4) is 0 Å². The molecule has 0 aromatic rings. The Bertz CT molecular complexity index is 12.4. The first-order valence-corrected chi connectivity index (χ1v) is 1.56. The Hall–Kier alpha value is -0.120. The average Bonchev–Trinajstić information content (AvgIpc) is 1.41. The molecule has 0 aliphatic heterocycles. The second kappa shape index (κ2) is 3.88. The minimum atomic E-state index is 0.795. The first-order chi connectivity index (χ1) is 2.41. The summed E-state index contributed by atoms with van der Waals surface area (Å²) in [6.07, 6.45) is 0. The van der Waals surface area contributed by atoms with Gasteiger partial charge in [-0.2, -0.15) is 11.4 Å². The van der Waals surface area contributed by atoms with E-state index in [9.17, 15) is 0 Å².